The van der Waals surface area contributed by atoms with Crippen molar-refractivity contribution in [3.63, 3.8) is 0 Å². The highest BCUT2D eigenvalue weighted by atomic mass is 16.2. The van der Waals surface area contributed by atoms with Gasteiger partial charge in [-0.1, -0.05) is 30.3 Å². The topological polar surface area (TPSA) is 46.1 Å². The molecule has 0 bridgehead atoms. The Hall–Kier alpha value is -2.75. The number of fused-ring (bicyclic) bond motifs is 1. The standard InChI is InChI=1S/C18H19N3O/c1-3-21-12-16(15-9-4-5-10-17(15)21)20-18(22)19-14-8-6-7-13(2)11-14/h4-12H,3H2,1-2H3,(H2,19,20,22). The van der Waals surface area contributed by atoms with Crippen molar-refractivity contribution in [1.29, 1.82) is 0 Å². The van der Waals surface area contributed by atoms with Gasteiger partial charge in [-0.15, -0.1) is 0 Å². The normalized spacial score (nSPS) is 10.6. The summed E-state index contributed by atoms with van der Waals surface area (Å²) in [5.74, 6) is 0. The first-order valence-electron chi connectivity index (χ1n) is 7.40. The Morgan fingerprint density at radius 1 is 1.09 bits per heavy atom. The summed E-state index contributed by atoms with van der Waals surface area (Å²) in [5, 5.41) is 6.85. The van der Waals surface area contributed by atoms with Gasteiger partial charge in [0.1, 0.15) is 0 Å². The van der Waals surface area contributed by atoms with Crippen molar-refractivity contribution in [3.05, 3.63) is 60.3 Å². The van der Waals surface area contributed by atoms with Crippen molar-refractivity contribution in [2.45, 2.75) is 20.4 Å². The van der Waals surface area contributed by atoms with E-state index in [1.807, 2.05) is 55.6 Å². The number of urea groups is 1. The van der Waals surface area contributed by atoms with Gasteiger partial charge in [-0.05, 0) is 37.6 Å². The summed E-state index contributed by atoms with van der Waals surface area (Å²) < 4.78 is 2.12. The van der Waals surface area contributed by atoms with E-state index in [-0.39, 0.29) is 6.03 Å². The van der Waals surface area contributed by atoms with E-state index in [1.165, 1.54) is 0 Å². The van der Waals surface area contributed by atoms with E-state index in [0.29, 0.717) is 0 Å². The van der Waals surface area contributed by atoms with Crippen LogP contribution in [-0.2, 0) is 6.54 Å². The molecular formula is C18H19N3O. The fraction of sp³-hybridized carbons (Fsp3) is 0.167. The van der Waals surface area contributed by atoms with Gasteiger partial charge in [-0.2, -0.15) is 0 Å². The molecule has 22 heavy (non-hydrogen) atoms. The van der Waals surface area contributed by atoms with Crippen LogP contribution in [-0.4, -0.2) is 10.6 Å². The molecule has 0 fully saturated rings. The second kappa shape index (κ2) is 5.93. The Balaban J connectivity index is 1.82. The van der Waals surface area contributed by atoms with Crippen LogP contribution >= 0.6 is 0 Å². The van der Waals surface area contributed by atoms with Crippen LogP contribution < -0.4 is 10.6 Å². The van der Waals surface area contributed by atoms with E-state index in [1.54, 1.807) is 0 Å². The summed E-state index contributed by atoms with van der Waals surface area (Å²) in [7, 11) is 0. The number of para-hydroxylation sites is 1. The predicted molar refractivity (Wildman–Crippen MR) is 91.4 cm³/mol. The largest absolute Gasteiger partial charge is 0.346 e. The van der Waals surface area contributed by atoms with Crippen LogP contribution in [0.15, 0.2) is 54.7 Å². The van der Waals surface area contributed by atoms with E-state index >= 15 is 0 Å². The fourth-order valence-corrected chi connectivity index (χ4v) is 2.62. The third-order valence-corrected chi connectivity index (χ3v) is 3.65. The molecule has 4 nitrogen and oxygen atoms in total. The number of nitrogens with one attached hydrogen (secondary N) is 2. The van der Waals surface area contributed by atoms with Crippen molar-refractivity contribution in [1.82, 2.24) is 4.57 Å². The van der Waals surface area contributed by atoms with Crippen LogP contribution in [0.4, 0.5) is 16.2 Å². The Morgan fingerprint density at radius 3 is 2.68 bits per heavy atom. The summed E-state index contributed by atoms with van der Waals surface area (Å²) >= 11 is 0. The van der Waals surface area contributed by atoms with Crippen molar-refractivity contribution in [2.24, 2.45) is 0 Å². The number of benzene rings is 2. The molecule has 0 unspecified atom stereocenters. The quantitative estimate of drug-likeness (QED) is 0.727. The fourth-order valence-electron chi connectivity index (χ4n) is 2.62. The summed E-state index contributed by atoms with van der Waals surface area (Å²) in [6.07, 6.45) is 1.97. The maximum Gasteiger partial charge on any atom is 0.323 e. The van der Waals surface area contributed by atoms with E-state index in [9.17, 15) is 4.79 Å². The highest BCUT2D eigenvalue weighted by molar-refractivity contribution is 6.06. The monoisotopic (exact) mass is 293 g/mol. The minimum atomic E-state index is -0.232. The molecule has 4 heteroatoms. The number of aromatic nitrogens is 1. The molecule has 3 aromatic rings. The van der Waals surface area contributed by atoms with Gasteiger partial charge in [-0.25, -0.2) is 4.79 Å². The van der Waals surface area contributed by atoms with Crippen LogP contribution in [0, 0.1) is 6.92 Å². The minimum absolute atomic E-state index is 0.232. The van der Waals surface area contributed by atoms with E-state index in [0.717, 1.165) is 34.4 Å². The first-order chi connectivity index (χ1) is 10.7. The molecule has 3 rings (SSSR count). The van der Waals surface area contributed by atoms with Crippen molar-refractivity contribution >= 4 is 28.3 Å². The summed E-state index contributed by atoms with van der Waals surface area (Å²) in [5.41, 5.74) is 3.84. The first-order valence-corrected chi connectivity index (χ1v) is 7.40. The molecule has 0 atom stereocenters. The van der Waals surface area contributed by atoms with Crippen LogP contribution in [0.1, 0.15) is 12.5 Å². The number of amides is 2. The minimum Gasteiger partial charge on any atom is -0.346 e. The molecule has 112 valence electrons. The Bertz CT molecular complexity index is 820. The van der Waals surface area contributed by atoms with Crippen molar-refractivity contribution in [2.75, 3.05) is 10.6 Å². The maximum absolute atomic E-state index is 12.2. The van der Waals surface area contributed by atoms with Gasteiger partial charge in [-0.3, -0.25) is 0 Å². The van der Waals surface area contributed by atoms with Gasteiger partial charge in [0.2, 0.25) is 0 Å². The second-order valence-electron chi connectivity index (χ2n) is 5.29. The zero-order chi connectivity index (χ0) is 15.5. The zero-order valence-electron chi connectivity index (χ0n) is 12.8. The average Bonchev–Trinajstić information content (AvgIpc) is 2.85. The molecule has 0 aliphatic rings. The average molecular weight is 293 g/mol. The smallest absolute Gasteiger partial charge is 0.323 e. The van der Waals surface area contributed by atoms with E-state index in [4.69, 9.17) is 0 Å². The lowest BCUT2D eigenvalue weighted by molar-refractivity contribution is 0.262. The van der Waals surface area contributed by atoms with Crippen LogP contribution in [0.25, 0.3) is 10.9 Å². The Morgan fingerprint density at radius 2 is 1.91 bits per heavy atom. The molecule has 0 saturated carbocycles. The number of nitrogens with zero attached hydrogens (tertiary/aromatic N) is 1. The molecular weight excluding hydrogens is 274 g/mol. The zero-order valence-corrected chi connectivity index (χ0v) is 12.8. The number of aryl methyl sites for hydroxylation is 2. The van der Waals surface area contributed by atoms with Gasteiger partial charge >= 0.3 is 6.03 Å². The SMILES string of the molecule is CCn1cc(NC(=O)Nc2cccc(C)c2)c2ccccc21. The lowest BCUT2D eigenvalue weighted by atomic mass is 10.2. The van der Waals surface area contributed by atoms with E-state index in [2.05, 4.69) is 28.2 Å². The molecule has 0 spiro atoms. The Labute approximate surface area is 129 Å². The molecule has 2 N–H and O–H groups in total. The number of carbonyl (C=O) groups is 1. The number of anilines is 2. The number of carbonyl (C=O) groups excluding carboxylic acids is 1. The lowest BCUT2D eigenvalue weighted by Crippen LogP contribution is -2.19. The lowest BCUT2D eigenvalue weighted by Gasteiger charge is -2.07. The second-order valence-corrected chi connectivity index (χ2v) is 5.29. The van der Waals surface area contributed by atoms with Gasteiger partial charge in [0, 0.05) is 23.8 Å². The molecule has 0 radical (unpaired) electrons. The van der Waals surface area contributed by atoms with Crippen LogP contribution in [0.5, 0.6) is 0 Å². The highest BCUT2D eigenvalue weighted by Crippen LogP contribution is 2.26. The third kappa shape index (κ3) is 2.81. The molecule has 2 amide bonds. The van der Waals surface area contributed by atoms with Crippen molar-refractivity contribution < 1.29 is 4.79 Å². The van der Waals surface area contributed by atoms with Gasteiger partial charge in [0.05, 0.1) is 11.2 Å². The van der Waals surface area contributed by atoms with Crippen LogP contribution in [0.3, 0.4) is 0 Å². The summed E-state index contributed by atoms with van der Waals surface area (Å²) in [4.78, 5) is 12.2. The van der Waals surface area contributed by atoms with E-state index < -0.39 is 0 Å². The third-order valence-electron chi connectivity index (χ3n) is 3.65. The molecule has 2 aromatic carbocycles. The predicted octanol–water partition coefficient (Wildman–Crippen LogP) is 4.61. The van der Waals surface area contributed by atoms with Crippen LogP contribution in [0.2, 0.25) is 0 Å². The van der Waals surface area contributed by atoms with Gasteiger partial charge < -0.3 is 15.2 Å². The van der Waals surface area contributed by atoms with Gasteiger partial charge in [0.25, 0.3) is 0 Å². The number of hydrogen-bond donors (Lipinski definition) is 2. The summed E-state index contributed by atoms with van der Waals surface area (Å²) in [6.45, 7) is 4.95. The molecule has 0 aliphatic heterocycles. The molecule has 1 heterocycles. The number of rotatable bonds is 3. The molecule has 0 aliphatic carbocycles. The number of hydrogen-bond acceptors (Lipinski definition) is 1. The highest BCUT2D eigenvalue weighted by Gasteiger charge is 2.10. The molecule has 1 aromatic heterocycles. The first kappa shape index (κ1) is 14.2. The van der Waals surface area contributed by atoms with Crippen molar-refractivity contribution in [3.8, 4) is 0 Å². The van der Waals surface area contributed by atoms with Gasteiger partial charge in [0.15, 0.2) is 0 Å². The Kier molecular flexibility index (Phi) is 3.83. The maximum atomic E-state index is 12.2. The molecule has 0 saturated heterocycles. The summed E-state index contributed by atoms with van der Waals surface area (Å²) in [6, 6.07) is 15.6.